The second kappa shape index (κ2) is 10.5. The lowest BCUT2D eigenvalue weighted by atomic mass is 10.1. The third kappa shape index (κ3) is 6.26. The monoisotopic (exact) mass is 569 g/mol. The Kier molecular flexibility index (Phi) is 7.48. The Labute approximate surface area is 224 Å². The van der Waals surface area contributed by atoms with Crippen molar-refractivity contribution in [3.05, 3.63) is 71.8 Å². The van der Waals surface area contributed by atoms with Gasteiger partial charge in [-0.1, -0.05) is 6.07 Å². The lowest BCUT2D eigenvalue weighted by molar-refractivity contribution is 0.417. The molecule has 0 fully saturated rings. The summed E-state index contributed by atoms with van der Waals surface area (Å²) in [5, 5.41) is 17.1. The molecule has 0 saturated carbocycles. The smallest absolute Gasteiger partial charge is 0.295 e. The first kappa shape index (κ1) is 27.8. The minimum absolute atomic E-state index is 0.00317. The number of nitrogen functional groups attached to an aromatic ring is 1. The van der Waals surface area contributed by atoms with E-state index in [1.54, 1.807) is 37.3 Å². The summed E-state index contributed by atoms with van der Waals surface area (Å²) in [6.07, 6.45) is 0. The van der Waals surface area contributed by atoms with E-state index in [4.69, 9.17) is 10.5 Å². The van der Waals surface area contributed by atoms with Crippen LogP contribution in [0.15, 0.2) is 90.9 Å². The van der Waals surface area contributed by atoms with Gasteiger partial charge in [0.1, 0.15) is 10.6 Å². The van der Waals surface area contributed by atoms with Gasteiger partial charge >= 0.3 is 0 Å². The van der Waals surface area contributed by atoms with E-state index in [9.17, 15) is 25.9 Å². The molecule has 0 radical (unpaired) electrons. The fraction of sp³-hybridized carbons (Fsp3) is 0.120. The number of benzene rings is 4. The molecular formula is C25H23N5O7S2. The molecule has 0 bridgehead atoms. The third-order valence-corrected chi connectivity index (χ3v) is 7.45. The van der Waals surface area contributed by atoms with E-state index < -0.39 is 30.0 Å². The predicted octanol–water partition coefficient (Wildman–Crippen LogP) is 6.37. The molecule has 0 saturated heterocycles. The molecule has 0 aliphatic heterocycles. The summed E-state index contributed by atoms with van der Waals surface area (Å²) in [5.74, 6) is 0.498. The minimum atomic E-state index is -4.82. The molecule has 0 atom stereocenters. The number of hydrogen-bond donors (Lipinski definition) is 3. The Hall–Kier alpha value is -4.24. The Bertz CT molecular complexity index is 1890. The first-order valence-corrected chi connectivity index (χ1v) is 14.1. The minimum Gasteiger partial charge on any atom is -0.495 e. The van der Waals surface area contributed by atoms with Gasteiger partial charge in [0.05, 0.1) is 40.4 Å². The maximum atomic E-state index is 11.9. The second-order valence-electron chi connectivity index (χ2n) is 8.53. The summed E-state index contributed by atoms with van der Waals surface area (Å²) in [6.45, 7) is 3.66. The van der Waals surface area contributed by atoms with Crippen molar-refractivity contribution < 1.29 is 30.7 Å². The summed E-state index contributed by atoms with van der Waals surface area (Å²) in [7, 11) is -8.02. The largest absolute Gasteiger partial charge is 0.495 e. The first-order valence-electron chi connectivity index (χ1n) is 11.2. The second-order valence-corrected chi connectivity index (χ2v) is 11.3. The number of nitrogens with two attached hydrogens (primary N) is 1. The topological polar surface area (TPSA) is 193 Å². The van der Waals surface area contributed by atoms with Crippen molar-refractivity contribution >= 4 is 59.4 Å². The average Bonchev–Trinajstić information content (AvgIpc) is 2.85. The zero-order valence-corrected chi connectivity index (χ0v) is 22.5. The fourth-order valence-electron chi connectivity index (χ4n) is 3.73. The molecule has 4 aromatic carbocycles. The summed E-state index contributed by atoms with van der Waals surface area (Å²) < 4.78 is 71.0. The molecule has 4 aromatic rings. The fourth-order valence-corrected chi connectivity index (χ4v) is 5.08. The number of methoxy groups -OCH3 is 1. The van der Waals surface area contributed by atoms with Gasteiger partial charge in [-0.2, -0.15) is 37.3 Å². The van der Waals surface area contributed by atoms with E-state index in [2.05, 4.69) is 20.5 Å². The highest BCUT2D eigenvalue weighted by atomic mass is 32.2. The molecule has 12 nitrogen and oxygen atoms in total. The normalized spacial score (nSPS) is 12.5. The molecule has 39 heavy (non-hydrogen) atoms. The zero-order chi connectivity index (χ0) is 28.5. The molecule has 0 heterocycles. The van der Waals surface area contributed by atoms with E-state index in [1.165, 1.54) is 25.3 Å². The highest BCUT2D eigenvalue weighted by Crippen LogP contribution is 2.34. The molecule has 4 N–H and O–H groups in total. The van der Waals surface area contributed by atoms with Crippen LogP contribution >= 0.6 is 0 Å². The SMILES string of the molecule is COc1cc(N=Nc2ccc(N=Nc3ccc4cc(S(=O)(=O)O)cc(S(=O)(=O)O)c4c3)c(C)c2)c(C)cc1N. The summed E-state index contributed by atoms with van der Waals surface area (Å²) in [6, 6.07) is 14.6. The maximum Gasteiger partial charge on any atom is 0.295 e. The van der Waals surface area contributed by atoms with Crippen molar-refractivity contribution in [2.45, 2.75) is 23.6 Å². The first-order chi connectivity index (χ1) is 18.3. The van der Waals surface area contributed by atoms with E-state index in [-0.39, 0.29) is 16.5 Å². The molecule has 14 heteroatoms. The van der Waals surface area contributed by atoms with Gasteiger partial charge in [0.2, 0.25) is 0 Å². The van der Waals surface area contributed by atoms with Crippen LogP contribution in [0.5, 0.6) is 5.75 Å². The number of anilines is 1. The Morgan fingerprint density at radius 3 is 1.95 bits per heavy atom. The Morgan fingerprint density at radius 2 is 1.33 bits per heavy atom. The number of rotatable bonds is 7. The molecule has 0 amide bonds. The van der Waals surface area contributed by atoms with Gasteiger partial charge in [-0.15, -0.1) is 0 Å². The van der Waals surface area contributed by atoms with Gasteiger partial charge in [-0.3, -0.25) is 9.11 Å². The average molecular weight is 570 g/mol. The molecule has 0 aromatic heterocycles. The van der Waals surface area contributed by atoms with E-state index >= 15 is 0 Å². The molecule has 0 aliphatic rings. The van der Waals surface area contributed by atoms with Crippen LogP contribution in [-0.2, 0) is 20.2 Å². The van der Waals surface area contributed by atoms with E-state index in [1.807, 2.05) is 6.92 Å². The summed E-state index contributed by atoms with van der Waals surface area (Å²) >= 11 is 0. The quantitative estimate of drug-likeness (QED) is 0.130. The van der Waals surface area contributed by atoms with Crippen LogP contribution in [0.25, 0.3) is 10.8 Å². The van der Waals surface area contributed by atoms with Crippen molar-refractivity contribution in [1.29, 1.82) is 0 Å². The lowest BCUT2D eigenvalue weighted by Gasteiger charge is -2.08. The molecule has 202 valence electrons. The maximum absolute atomic E-state index is 11.9. The number of ether oxygens (including phenoxy) is 1. The van der Waals surface area contributed by atoms with Gasteiger partial charge < -0.3 is 10.5 Å². The molecular weight excluding hydrogens is 546 g/mol. The number of nitrogens with zero attached hydrogens (tertiary/aromatic N) is 4. The van der Waals surface area contributed by atoms with Gasteiger partial charge in [0.15, 0.2) is 0 Å². The van der Waals surface area contributed by atoms with Crippen LogP contribution in [0.3, 0.4) is 0 Å². The highest BCUT2D eigenvalue weighted by molar-refractivity contribution is 7.86. The predicted molar refractivity (Wildman–Crippen MR) is 145 cm³/mol. The summed E-state index contributed by atoms with van der Waals surface area (Å²) in [4.78, 5) is -1.36. The van der Waals surface area contributed by atoms with Crippen LogP contribution in [0.1, 0.15) is 11.1 Å². The van der Waals surface area contributed by atoms with E-state index in [0.29, 0.717) is 34.6 Å². The van der Waals surface area contributed by atoms with Crippen LogP contribution in [0.4, 0.5) is 28.4 Å². The Balaban J connectivity index is 1.63. The van der Waals surface area contributed by atoms with Gasteiger partial charge in [-0.05, 0) is 78.9 Å². The van der Waals surface area contributed by atoms with Crippen LogP contribution in [-0.4, -0.2) is 33.1 Å². The molecule has 4 rings (SSSR count). The Morgan fingerprint density at radius 1 is 0.718 bits per heavy atom. The molecule has 0 aliphatic carbocycles. The van der Waals surface area contributed by atoms with Crippen molar-refractivity contribution in [2.24, 2.45) is 20.5 Å². The van der Waals surface area contributed by atoms with Gasteiger partial charge in [-0.25, -0.2) is 0 Å². The van der Waals surface area contributed by atoms with Crippen molar-refractivity contribution in [1.82, 2.24) is 0 Å². The van der Waals surface area contributed by atoms with Crippen molar-refractivity contribution in [2.75, 3.05) is 12.8 Å². The lowest BCUT2D eigenvalue weighted by Crippen LogP contribution is -2.04. The molecule has 0 unspecified atom stereocenters. The van der Waals surface area contributed by atoms with Gasteiger partial charge in [0.25, 0.3) is 20.2 Å². The number of aryl methyl sites for hydroxylation is 2. The molecule has 0 spiro atoms. The van der Waals surface area contributed by atoms with Crippen LogP contribution in [0, 0.1) is 13.8 Å². The number of hydrogen-bond acceptors (Lipinski definition) is 10. The van der Waals surface area contributed by atoms with Crippen LogP contribution < -0.4 is 10.5 Å². The van der Waals surface area contributed by atoms with Crippen molar-refractivity contribution in [3.8, 4) is 5.75 Å². The van der Waals surface area contributed by atoms with Crippen LogP contribution in [0.2, 0.25) is 0 Å². The van der Waals surface area contributed by atoms with Gasteiger partial charge in [0, 0.05) is 11.5 Å². The highest BCUT2D eigenvalue weighted by Gasteiger charge is 2.20. The third-order valence-electron chi connectivity index (χ3n) is 5.72. The number of fused-ring (bicyclic) bond motifs is 1. The van der Waals surface area contributed by atoms with Crippen molar-refractivity contribution in [3.63, 3.8) is 0 Å². The summed E-state index contributed by atoms with van der Waals surface area (Å²) in [5.41, 5.74) is 9.90. The number of azo groups is 2. The van der Waals surface area contributed by atoms with E-state index in [0.717, 1.165) is 17.2 Å². The standard InChI is InChI=1S/C25H23N5O7S2/c1-14-8-17(27-30-23-13-24(37-3)21(26)9-15(23)2)6-7-22(14)29-28-18-5-4-16-10-19(38(31,32)33)12-25(20(16)11-18)39(34,35)36/h4-13H,26H2,1-3H3,(H,31,32,33)(H,34,35,36). The zero-order valence-electron chi connectivity index (χ0n) is 20.9.